The second-order valence-corrected chi connectivity index (χ2v) is 8.55. The molecule has 0 radical (unpaired) electrons. The highest BCUT2D eigenvalue weighted by Crippen LogP contribution is 2.29. The minimum atomic E-state index is 0.0597. The van der Waals surface area contributed by atoms with E-state index in [-0.39, 0.29) is 11.9 Å². The number of amides is 1. The van der Waals surface area contributed by atoms with Gasteiger partial charge in [0.2, 0.25) is 0 Å². The summed E-state index contributed by atoms with van der Waals surface area (Å²) in [6, 6.07) is 16.7. The van der Waals surface area contributed by atoms with Gasteiger partial charge in [-0.15, -0.1) is 0 Å². The highest BCUT2D eigenvalue weighted by molar-refractivity contribution is 5.92. The van der Waals surface area contributed by atoms with Gasteiger partial charge in [-0.1, -0.05) is 30.3 Å². The summed E-state index contributed by atoms with van der Waals surface area (Å²) in [5.74, 6) is 1.14. The van der Waals surface area contributed by atoms with Crippen LogP contribution in [0.2, 0.25) is 0 Å². The van der Waals surface area contributed by atoms with Crippen LogP contribution in [0.15, 0.2) is 54.7 Å². The van der Waals surface area contributed by atoms with Gasteiger partial charge >= 0.3 is 0 Å². The Balaban J connectivity index is 1.35. The molecule has 0 N–H and O–H groups in total. The predicted molar refractivity (Wildman–Crippen MR) is 123 cm³/mol. The van der Waals surface area contributed by atoms with Crippen LogP contribution >= 0.6 is 0 Å². The number of likely N-dealkylation sites (tertiary alicyclic amines) is 1. The molecule has 0 unspecified atom stereocenters. The van der Waals surface area contributed by atoms with Crippen LogP contribution in [-0.2, 0) is 19.9 Å². The summed E-state index contributed by atoms with van der Waals surface area (Å²) in [4.78, 5) is 24.5. The first-order valence-corrected chi connectivity index (χ1v) is 11.3. The molecule has 7 nitrogen and oxygen atoms in total. The molecule has 1 fully saturated rings. The molecule has 1 amide bonds. The summed E-state index contributed by atoms with van der Waals surface area (Å²) in [5, 5.41) is 4.32. The van der Waals surface area contributed by atoms with Crippen molar-refractivity contribution in [2.45, 2.75) is 38.6 Å². The molecule has 5 rings (SSSR count). The monoisotopic (exact) mass is 428 g/mol. The van der Waals surface area contributed by atoms with Crippen molar-refractivity contribution in [3.8, 4) is 0 Å². The zero-order chi connectivity index (χ0) is 22.1. The Labute approximate surface area is 187 Å². The van der Waals surface area contributed by atoms with Crippen molar-refractivity contribution in [1.29, 1.82) is 0 Å². The third-order valence-electron chi connectivity index (χ3n) is 6.34. The van der Waals surface area contributed by atoms with E-state index < -0.39 is 0 Å². The van der Waals surface area contributed by atoms with Crippen molar-refractivity contribution < 1.29 is 4.79 Å². The number of aromatic nitrogens is 5. The Bertz CT molecular complexity index is 1230. The van der Waals surface area contributed by atoms with E-state index in [2.05, 4.69) is 38.9 Å². The maximum atomic E-state index is 13.0. The average Bonchev–Trinajstić information content (AvgIpc) is 3.36. The Hall–Kier alpha value is -3.48. The highest BCUT2D eigenvalue weighted by atomic mass is 16.2. The van der Waals surface area contributed by atoms with Gasteiger partial charge in [-0.3, -0.25) is 9.48 Å². The van der Waals surface area contributed by atoms with Gasteiger partial charge in [0.15, 0.2) is 5.65 Å². The number of pyridine rings is 1. The number of piperidine rings is 1. The Morgan fingerprint density at radius 2 is 1.84 bits per heavy atom. The maximum Gasteiger partial charge on any atom is 0.272 e. The van der Waals surface area contributed by atoms with Crippen LogP contribution in [0.25, 0.3) is 11.2 Å². The van der Waals surface area contributed by atoms with Gasteiger partial charge in [-0.2, -0.15) is 5.10 Å². The molecular weight excluding hydrogens is 400 g/mol. The minimum absolute atomic E-state index is 0.0597. The Morgan fingerprint density at radius 1 is 1.06 bits per heavy atom. The summed E-state index contributed by atoms with van der Waals surface area (Å²) in [5.41, 5.74) is 4.72. The van der Waals surface area contributed by atoms with E-state index in [1.807, 2.05) is 49.3 Å². The SMILES string of the molecule is Cc1cc(C(=O)N2CCC(n3c(CCc4ccccc4)nc4cccnc43)CC2)n(C)n1. The largest absolute Gasteiger partial charge is 0.337 e. The molecular formula is C25H28N6O. The van der Waals surface area contributed by atoms with Crippen LogP contribution < -0.4 is 0 Å². The first kappa shape index (κ1) is 20.4. The van der Waals surface area contributed by atoms with E-state index >= 15 is 0 Å². The molecule has 0 bridgehead atoms. The molecule has 4 aromatic rings. The molecule has 0 atom stereocenters. The summed E-state index contributed by atoms with van der Waals surface area (Å²) in [6.45, 7) is 3.36. The van der Waals surface area contributed by atoms with Crippen LogP contribution in [0.5, 0.6) is 0 Å². The third kappa shape index (κ3) is 3.90. The van der Waals surface area contributed by atoms with Crippen molar-refractivity contribution in [3.63, 3.8) is 0 Å². The summed E-state index contributed by atoms with van der Waals surface area (Å²) >= 11 is 0. The quantitative estimate of drug-likeness (QED) is 0.486. The summed E-state index contributed by atoms with van der Waals surface area (Å²) in [7, 11) is 1.83. The van der Waals surface area contributed by atoms with E-state index in [1.165, 1.54) is 5.56 Å². The molecule has 0 saturated carbocycles. The van der Waals surface area contributed by atoms with Crippen molar-refractivity contribution in [2.75, 3.05) is 13.1 Å². The number of hydrogen-bond donors (Lipinski definition) is 0. The Kier molecular flexibility index (Phi) is 5.47. The molecule has 1 aliphatic rings. The van der Waals surface area contributed by atoms with Gasteiger partial charge in [0.25, 0.3) is 5.91 Å². The number of nitrogens with zero attached hydrogens (tertiary/aromatic N) is 6. The zero-order valence-electron chi connectivity index (χ0n) is 18.6. The Morgan fingerprint density at radius 3 is 2.56 bits per heavy atom. The van der Waals surface area contributed by atoms with Crippen LogP contribution in [0.4, 0.5) is 0 Å². The lowest BCUT2D eigenvalue weighted by Gasteiger charge is -2.33. The molecule has 7 heteroatoms. The van der Waals surface area contributed by atoms with E-state index in [0.29, 0.717) is 5.69 Å². The number of carbonyl (C=O) groups is 1. The molecule has 1 aromatic carbocycles. The molecule has 32 heavy (non-hydrogen) atoms. The fourth-order valence-corrected chi connectivity index (χ4v) is 4.74. The number of hydrogen-bond acceptors (Lipinski definition) is 4. The number of benzene rings is 1. The predicted octanol–water partition coefficient (Wildman–Crippen LogP) is 3.74. The summed E-state index contributed by atoms with van der Waals surface area (Å²) < 4.78 is 4.01. The maximum absolute atomic E-state index is 13.0. The van der Waals surface area contributed by atoms with Crippen LogP contribution in [-0.4, -0.2) is 48.2 Å². The first-order valence-electron chi connectivity index (χ1n) is 11.3. The lowest BCUT2D eigenvalue weighted by atomic mass is 10.0. The molecule has 1 saturated heterocycles. The van der Waals surface area contributed by atoms with Crippen LogP contribution in [0.1, 0.15) is 46.5 Å². The lowest BCUT2D eigenvalue weighted by molar-refractivity contribution is 0.0684. The van der Waals surface area contributed by atoms with Gasteiger partial charge in [-0.05, 0) is 49.9 Å². The topological polar surface area (TPSA) is 68.8 Å². The number of rotatable bonds is 5. The average molecular weight is 429 g/mol. The second kappa shape index (κ2) is 8.57. The normalized spacial score (nSPS) is 14.9. The standard InChI is InChI=1S/C25H28N6O/c1-18-17-22(29(2)28-18)25(32)30-15-12-20(13-16-30)31-23(11-10-19-7-4-3-5-8-19)27-21-9-6-14-26-24(21)31/h3-9,14,17,20H,10-13,15-16H2,1-2H3. The molecule has 164 valence electrons. The van der Waals surface area contributed by atoms with E-state index in [0.717, 1.165) is 61.5 Å². The van der Waals surface area contributed by atoms with Gasteiger partial charge in [-0.25, -0.2) is 9.97 Å². The van der Waals surface area contributed by atoms with E-state index in [4.69, 9.17) is 4.98 Å². The number of imidazole rings is 1. The van der Waals surface area contributed by atoms with Crippen LogP contribution in [0, 0.1) is 6.92 Å². The molecule has 1 aliphatic heterocycles. The fourth-order valence-electron chi connectivity index (χ4n) is 4.74. The lowest BCUT2D eigenvalue weighted by Crippen LogP contribution is -2.40. The highest BCUT2D eigenvalue weighted by Gasteiger charge is 2.28. The van der Waals surface area contributed by atoms with E-state index in [1.54, 1.807) is 4.68 Å². The number of fused-ring (bicyclic) bond motifs is 1. The van der Waals surface area contributed by atoms with Crippen LogP contribution in [0.3, 0.4) is 0 Å². The van der Waals surface area contributed by atoms with Crippen molar-refractivity contribution in [1.82, 2.24) is 29.2 Å². The minimum Gasteiger partial charge on any atom is -0.337 e. The zero-order valence-corrected chi connectivity index (χ0v) is 18.6. The molecule has 0 spiro atoms. The van der Waals surface area contributed by atoms with Gasteiger partial charge in [0.1, 0.15) is 17.0 Å². The van der Waals surface area contributed by atoms with Crippen molar-refractivity contribution in [2.24, 2.45) is 7.05 Å². The van der Waals surface area contributed by atoms with Gasteiger partial charge in [0, 0.05) is 38.8 Å². The number of aryl methyl sites for hydroxylation is 4. The van der Waals surface area contributed by atoms with Gasteiger partial charge in [0.05, 0.1) is 5.69 Å². The second-order valence-electron chi connectivity index (χ2n) is 8.55. The molecule has 4 heterocycles. The fraction of sp³-hybridized carbons (Fsp3) is 0.360. The summed E-state index contributed by atoms with van der Waals surface area (Å²) in [6.07, 6.45) is 5.44. The third-order valence-corrected chi connectivity index (χ3v) is 6.34. The van der Waals surface area contributed by atoms with Crippen molar-refractivity contribution >= 4 is 17.1 Å². The molecule has 3 aromatic heterocycles. The van der Waals surface area contributed by atoms with Gasteiger partial charge < -0.3 is 9.47 Å². The molecule has 0 aliphatic carbocycles. The smallest absolute Gasteiger partial charge is 0.272 e. The first-order chi connectivity index (χ1) is 15.6. The van der Waals surface area contributed by atoms with E-state index in [9.17, 15) is 4.79 Å². The van der Waals surface area contributed by atoms with Crippen molar-refractivity contribution in [3.05, 3.63) is 77.5 Å². The number of carbonyl (C=O) groups excluding carboxylic acids is 1.